The molecule has 1 aliphatic rings. The Morgan fingerprint density at radius 2 is 1.83 bits per heavy atom. The third-order valence-electron chi connectivity index (χ3n) is 5.35. The molecule has 0 aliphatic heterocycles. The van der Waals surface area contributed by atoms with Gasteiger partial charge in [0.15, 0.2) is 0 Å². The minimum absolute atomic E-state index is 0.402. The number of aromatic nitrogens is 1. The average Bonchev–Trinajstić information content (AvgIpc) is 2.92. The molecule has 0 bridgehead atoms. The van der Waals surface area contributed by atoms with Crippen LogP contribution < -0.4 is 5.32 Å². The molecule has 0 radical (unpaired) electrons. The maximum absolute atomic E-state index is 3.80. The van der Waals surface area contributed by atoms with Crippen LogP contribution in [-0.2, 0) is 6.54 Å². The number of rotatable bonds is 5. The van der Waals surface area contributed by atoms with Gasteiger partial charge < -0.3 is 9.88 Å². The van der Waals surface area contributed by atoms with E-state index in [0.29, 0.717) is 12.1 Å². The van der Waals surface area contributed by atoms with E-state index in [1.54, 1.807) is 0 Å². The Bertz CT molecular complexity index is 825. The number of para-hydroxylation sites is 1. The van der Waals surface area contributed by atoms with Gasteiger partial charge in [-0.15, -0.1) is 0 Å². The van der Waals surface area contributed by atoms with Crippen molar-refractivity contribution in [3.05, 3.63) is 71.4 Å². The molecule has 1 atom stereocenters. The Labute approximate surface area is 144 Å². The molecule has 1 aliphatic carbocycles. The normalized spacial score (nSPS) is 16.2. The van der Waals surface area contributed by atoms with Gasteiger partial charge in [0.2, 0.25) is 0 Å². The fourth-order valence-corrected chi connectivity index (χ4v) is 3.66. The molecule has 1 heterocycles. The summed E-state index contributed by atoms with van der Waals surface area (Å²) in [6, 6.07) is 18.8. The Morgan fingerprint density at radius 1 is 1.08 bits per heavy atom. The molecule has 0 saturated heterocycles. The summed E-state index contributed by atoms with van der Waals surface area (Å²) in [6.45, 7) is 5.37. The van der Waals surface area contributed by atoms with Crippen LogP contribution in [0.15, 0.2) is 54.7 Å². The van der Waals surface area contributed by atoms with E-state index in [-0.39, 0.29) is 0 Å². The van der Waals surface area contributed by atoms with Crippen LogP contribution in [0.5, 0.6) is 0 Å². The van der Waals surface area contributed by atoms with Crippen LogP contribution in [0.3, 0.4) is 0 Å². The van der Waals surface area contributed by atoms with Gasteiger partial charge in [-0.3, -0.25) is 0 Å². The van der Waals surface area contributed by atoms with Crippen LogP contribution in [0.2, 0.25) is 0 Å². The van der Waals surface area contributed by atoms with Crippen molar-refractivity contribution < 1.29 is 0 Å². The maximum Gasteiger partial charge on any atom is 0.0486 e. The number of nitrogens with one attached hydrogen (secondary N) is 1. The van der Waals surface area contributed by atoms with Gasteiger partial charge in [-0.2, -0.15) is 0 Å². The Kier molecular flexibility index (Phi) is 4.15. The lowest BCUT2D eigenvalue weighted by Gasteiger charge is -2.30. The second kappa shape index (κ2) is 6.45. The van der Waals surface area contributed by atoms with E-state index < -0.39 is 0 Å². The fourth-order valence-electron chi connectivity index (χ4n) is 3.66. The molecule has 1 aromatic heterocycles. The van der Waals surface area contributed by atoms with E-state index >= 15 is 0 Å². The highest BCUT2D eigenvalue weighted by atomic mass is 15.0. The number of hydrogen-bond donors (Lipinski definition) is 1. The zero-order valence-corrected chi connectivity index (χ0v) is 14.6. The molecule has 2 heteroatoms. The van der Waals surface area contributed by atoms with Crippen LogP contribution in [0, 0.1) is 6.92 Å². The van der Waals surface area contributed by atoms with Crippen LogP contribution in [0.25, 0.3) is 10.9 Å². The van der Waals surface area contributed by atoms with Crippen molar-refractivity contribution in [3.63, 3.8) is 0 Å². The van der Waals surface area contributed by atoms with E-state index in [2.05, 4.69) is 78.5 Å². The molecule has 1 fully saturated rings. The summed E-state index contributed by atoms with van der Waals surface area (Å²) in [6.07, 6.45) is 6.37. The smallest absolute Gasteiger partial charge is 0.0486 e. The highest BCUT2D eigenvalue weighted by molar-refractivity contribution is 5.84. The zero-order valence-electron chi connectivity index (χ0n) is 14.6. The Hall–Kier alpha value is -2.06. The average molecular weight is 318 g/mol. The van der Waals surface area contributed by atoms with Gasteiger partial charge in [0.1, 0.15) is 0 Å². The first-order valence-electron chi connectivity index (χ1n) is 9.10. The third-order valence-corrected chi connectivity index (χ3v) is 5.35. The van der Waals surface area contributed by atoms with E-state index in [9.17, 15) is 0 Å². The zero-order chi connectivity index (χ0) is 16.5. The van der Waals surface area contributed by atoms with E-state index in [0.717, 1.165) is 6.54 Å². The van der Waals surface area contributed by atoms with Gasteiger partial charge in [0.25, 0.3) is 0 Å². The molecular weight excluding hydrogens is 292 g/mol. The molecule has 24 heavy (non-hydrogen) atoms. The van der Waals surface area contributed by atoms with Gasteiger partial charge in [-0.1, -0.05) is 54.4 Å². The number of nitrogens with zero attached hydrogens (tertiary/aromatic N) is 1. The van der Waals surface area contributed by atoms with Crippen LogP contribution in [0.1, 0.15) is 48.9 Å². The molecule has 2 nitrogen and oxygen atoms in total. The lowest BCUT2D eigenvalue weighted by molar-refractivity contribution is 0.314. The SMILES string of the molecule is Cc1ccc(Cn2cc(C(C)NC3CCC3)c3ccccc32)cc1. The summed E-state index contributed by atoms with van der Waals surface area (Å²) >= 11 is 0. The molecular formula is C22H26N2. The summed E-state index contributed by atoms with van der Waals surface area (Å²) < 4.78 is 2.40. The summed E-state index contributed by atoms with van der Waals surface area (Å²) in [5, 5.41) is 5.17. The molecule has 1 N–H and O–H groups in total. The number of benzene rings is 2. The van der Waals surface area contributed by atoms with Gasteiger partial charge in [-0.05, 0) is 43.9 Å². The first-order chi connectivity index (χ1) is 11.7. The predicted molar refractivity (Wildman–Crippen MR) is 101 cm³/mol. The number of hydrogen-bond acceptors (Lipinski definition) is 1. The summed E-state index contributed by atoms with van der Waals surface area (Å²) in [5.41, 5.74) is 5.42. The summed E-state index contributed by atoms with van der Waals surface area (Å²) in [7, 11) is 0. The molecule has 0 amide bonds. The van der Waals surface area contributed by atoms with Crippen molar-refractivity contribution in [1.29, 1.82) is 0 Å². The molecule has 1 saturated carbocycles. The molecule has 4 rings (SSSR count). The lowest BCUT2D eigenvalue weighted by Crippen LogP contribution is -2.36. The maximum atomic E-state index is 3.80. The van der Waals surface area contributed by atoms with Gasteiger partial charge in [0, 0.05) is 35.7 Å². The minimum Gasteiger partial charge on any atom is -0.343 e. The van der Waals surface area contributed by atoms with Gasteiger partial charge >= 0.3 is 0 Å². The predicted octanol–water partition coefficient (Wildman–Crippen LogP) is 5.20. The van der Waals surface area contributed by atoms with Crippen molar-refractivity contribution in [2.24, 2.45) is 0 Å². The highest BCUT2D eigenvalue weighted by Gasteiger charge is 2.21. The summed E-state index contributed by atoms with van der Waals surface area (Å²) in [4.78, 5) is 0. The Balaban J connectivity index is 1.66. The minimum atomic E-state index is 0.402. The fraction of sp³-hybridized carbons (Fsp3) is 0.364. The van der Waals surface area contributed by atoms with Crippen molar-refractivity contribution in [3.8, 4) is 0 Å². The first kappa shape index (κ1) is 15.5. The Morgan fingerprint density at radius 3 is 2.54 bits per heavy atom. The van der Waals surface area contributed by atoms with Crippen LogP contribution >= 0.6 is 0 Å². The van der Waals surface area contributed by atoms with Gasteiger partial charge in [-0.25, -0.2) is 0 Å². The van der Waals surface area contributed by atoms with Crippen LogP contribution in [0.4, 0.5) is 0 Å². The molecule has 2 aromatic carbocycles. The first-order valence-corrected chi connectivity index (χ1v) is 9.10. The van der Waals surface area contributed by atoms with Crippen molar-refractivity contribution in [1.82, 2.24) is 9.88 Å². The second-order valence-electron chi connectivity index (χ2n) is 7.23. The van der Waals surface area contributed by atoms with E-state index in [1.807, 2.05) is 0 Å². The van der Waals surface area contributed by atoms with Crippen LogP contribution in [-0.4, -0.2) is 10.6 Å². The molecule has 124 valence electrons. The third kappa shape index (κ3) is 2.99. The lowest BCUT2D eigenvalue weighted by atomic mass is 9.92. The van der Waals surface area contributed by atoms with Gasteiger partial charge in [0.05, 0.1) is 0 Å². The summed E-state index contributed by atoms with van der Waals surface area (Å²) in [5.74, 6) is 0. The molecule has 3 aromatic rings. The van der Waals surface area contributed by atoms with Crippen molar-refractivity contribution >= 4 is 10.9 Å². The van der Waals surface area contributed by atoms with Crippen molar-refractivity contribution in [2.45, 2.75) is 51.7 Å². The van der Waals surface area contributed by atoms with E-state index in [1.165, 1.54) is 46.9 Å². The largest absolute Gasteiger partial charge is 0.343 e. The van der Waals surface area contributed by atoms with Crippen molar-refractivity contribution in [2.75, 3.05) is 0 Å². The quantitative estimate of drug-likeness (QED) is 0.684. The molecule has 1 unspecified atom stereocenters. The number of fused-ring (bicyclic) bond motifs is 1. The highest BCUT2D eigenvalue weighted by Crippen LogP contribution is 2.29. The standard InChI is InChI=1S/C22H26N2/c1-16-10-12-18(13-11-16)14-24-15-21(17(2)23-19-6-5-7-19)20-8-3-4-9-22(20)24/h3-4,8-13,15,17,19,23H,5-7,14H2,1-2H3. The topological polar surface area (TPSA) is 17.0 Å². The molecule has 0 spiro atoms. The number of aryl methyl sites for hydroxylation is 1. The monoisotopic (exact) mass is 318 g/mol. The van der Waals surface area contributed by atoms with E-state index in [4.69, 9.17) is 0 Å². The second-order valence-corrected chi connectivity index (χ2v) is 7.23.